The predicted octanol–water partition coefficient (Wildman–Crippen LogP) is 2.94. The fraction of sp³-hybridized carbons (Fsp3) is 0.222. The van der Waals surface area contributed by atoms with Crippen molar-refractivity contribution in [2.75, 3.05) is 0 Å². The van der Waals surface area contributed by atoms with E-state index in [-0.39, 0.29) is 0 Å². The fourth-order valence-electron chi connectivity index (χ4n) is 1.24. The Morgan fingerprint density at radius 1 is 1.25 bits per heavy atom. The molecule has 0 spiro atoms. The van der Waals surface area contributed by atoms with Crippen LogP contribution in [0.5, 0.6) is 0 Å². The van der Waals surface area contributed by atoms with Crippen molar-refractivity contribution >= 4 is 27.0 Å². The maximum Gasteiger partial charge on any atom is 0.175 e. The number of aryl methyl sites for hydroxylation is 2. The number of benzene rings is 1. The van der Waals surface area contributed by atoms with E-state index in [0.717, 1.165) is 15.8 Å². The Labute approximate surface area is 79.1 Å². The summed E-state index contributed by atoms with van der Waals surface area (Å²) in [7, 11) is 0. The Morgan fingerprint density at radius 2 is 1.92 bits per heavy atom. The van der Waals surface area contributed by atoms with Gasteiger partial charge in [0.2, 0.25) is 0 Å². The number of imidazole rings is 1. The van der Waals surface area contributed by atoms with Crippen molar-refractivity contribution in [3.63, 3.8) is 0 Å². The topological polar surface area (TPSA) is 28.7 Å². The highest BCUT2D eigenvalue weighted by Crippen LogP contribution is 2.18. The number of fused-ring (bicyclic) bond motifs is 1. The molecule has 1 N–H and O–H groups in total. The van der Waals surface area contributed by atoms with Crippen molar-refractivity contribution in [1.29, 1.82) is 0 Å². The Bertz CT molecular complexity index is 392. The van der Waals surface area contributed by atoms with Gasteiger partial charge >= 0.3 is 0 Å². The van der Waals surface area contributed by atoms with Gasteiger partial charge in [-0.25, -0.2) is 4.98 Å². The number of nitrogens with one attached hydrogen (secondary N) is 1. The Morgan fingerprint density at radius 3 is 2.67 bits per heavy atom. The summed E-state index contributed by atoms with van der Waals surface area (Å²) in [6, 6.07) is 4.20. The zero-order chi connectivity index (χ0) is 8.72. The summed E-state index contributed by atoms with van der Waals surface area (Å²) in [6.45, 7) is 4.20. The van der Waals surface area contributed by atoms with E-state index in [1.807, 2.05) is 0 Å². The SMILES string of the molecule is Cc1cc2nc(Br)[nH]c2cc1C. The molecule has 0 aliphatic heterocycles. The van der Waals surface area contributed by atoms with Crippen LogP contribution >= 0.6 is 15.9 Å². The van der Waals surface area contributed by atoms with Crippen molar-refractivity contribution in [3.05, 3.63) is 28.0 Å². The Balaban J connectivity index is 2.83. The molecule has 0 atom stereocenters. The highest BCUT2D eigenvalue weighted by atomic mass is 79.9. The number of aromatic nitrogens is 2. The van der Waals surface area contributed by atoms with Crippen molar-refractivity contribution in [2.24, 2.45) is 0 Å². The van der Waals surface area contributed by atoms with Gasteiger partial charge in [-0.3, -0.25) is 0 Å². The first-order valence-electron chi connectivity index (χ1n) is 3.79. The second-order valence-corrected chi connectivity index (χ2v) is 3.73. The fourth-order valence-corrected chi connectivity index (χ4v) is 1.64. The highest BCUT2D eigenvalue weighted by molar-refractivity contribution is 9.10. The Kier molecular flexibility index (Phi) is 1.68. The summed E-state index contributed by atoms with van der Waals surface area (Å²) in [5.41, 5.74) is 4.68. The minimum atomic E-state index is 0.794. The highest BCUT2D eigenvalue weighted by Gasteiger charge is 2.01. The Hall–Kier alpha value is -0.830. The van der Waals surface area contributed by atoms with Crippen molar-refractivity contribution in [1.82, 2.24) is 9.97 Å². The average molecular weight is 225 g/mol. The zero-order valence-electron chi connectivity index (χ0n) is 6.98. The molecular weight excluding hydrogens is 216 g/mol. The molecule has 0 amide bonds. The summed E-state index contributed by atoms with van der Waals surface area (Å²) < 4.78 is 0.794. The van der Waals surface area contributed by atoms with Gasteiger partial charge in [0.05, 0.1) is 11.0 Å². The number of hydrogen-bond donors (Lipinski definition) is 1. The second kappa shape index (κ2) is 2.59. The lowest BCUT2D eigenvalue weighted by Gasteiger charge is -1.97. The van der Waals surface area contributed by atoms with E-state index in [2.05, 4.69) is 51.9 Å². The van der Waals surface area contributed by atoms with E-state index in [1.165, 1.54) is 11.1 Å². The molecular formula is C9H9BrN2. The molecule has 0 aliphatic rings. The summed E-state index contributed by atoms with van der Waals surface area (Å²) in [5, 5.41) is 0. The third-order valence-electron chi connectivity index (χ3n) is 2.07. The van der Waals surface area contributed by atoms with Crippen LogP contribution in [0.15, 0.2) is 16.9 Å². The van der Waals surface area contributed by atoms with Crippen LogP contribution in [-0.4, -0.2) is 9.97 Å². The standard InChI is InChI=1S/C9H9BrN2/c1-5-3-7-8(4-6(5)2)12-9(10)11-7/h3-4H,1-2H3,(H,11,12). The van der Waals surface area contributed by atoms with Gasteiger partial charge in [-0.2, -0.15) is 0 Å². The summed E-state index contributed by atoms with van der Waals surface area (Å²) in [4.78, 5) is 7.41. The first-order valence-corrected chi connectivity index (χ1v) is 4.58. The number of hydrogen-bond acceptors (Lipinski definition) is 1. The van der Waals surface area contributed by atoms with Gasteiger partial charge in [-0.05, 0) is 53.0 Å². The molecule has 2 rings (SSSR count). The molecule has 1 heterocycles. The van der Waals surface area contributed by atoms with Crippen molar-refractivity contribution in [3.8, 4) is 0 Å². The molecule has 0 saturated carbocycles. The molecule has 0 radical (unpaired) electrons. The maximum atomic E-state index is 4.28. The molecule has 1 aromatic heterocycles. The molecule has 0 aliphatic carbocycles. The van der Waals surface area contributed by atoms with Crippen LogP contribution in [0.4, 0.5) is 0 Å². The zero-order valence-corrected chi connectivity index (χ0v) is 8.57. The quantitative estimate of drug-likeness (QED) is 0.733. The molecule has 1 aromatic carbocycles. The van der Waals surface area contributed by atoms with Gasteiger partial charge < -0.3 is 4.98 Å². The molecule has 0 bridgehead atoms. The van der Waals surface area contributed by atoms with Crippen LogP contribution in [0.25, 0.3) is 11.0 Å². The van der Waals surface area contributed by atoms with Crippen LogP contribution in [0.1, 0.15) is 11.1 Å². The van der Waals surface area contributed by atoms with Gasteiger partial charge in [-0.15, -0.1) is 0 Å². The van der Waals surface area contributed by atoms with Crippen LogP contribution in [0, 0.1) is 13.8 Å². The van der Waals surface area contributed by atoms with E-state index in [4.69, 9.17) is 0 Å². The molecule has 3 heteroatoms. The number of nitrogens with zero attached hydrogens (tertiary/aromatic N) is 1. The van der Waals surface area contributed by atoms with E-state index in [1.54, 1.807) is 0 Å². The minimum absolute atomic E-state index is 0.794. The van der Waals surface area contributed by atoms with Crippen LogP contribution in [-0.2, 0) is 0 Å². The van der Waals surface area contributed by atoms with E-state index in [9.17, 15) is 0 Å². The molecule has 0 unspecified atom stereocenters. The van der Waals surface area contributed by atoms with Gasteiger partial charge in [0.15, 0.2) is 4.73 Å². The maximum absolute atomic E-state index is 4.28. The van der Waals surface area contributed by atoms with E-state index >= 15 is 0 Å². The molecule has 0 saturated heterocycles. The summed E-state index contributed by atoms with van der Waals surface area (Å²) >= 11 is 3.31. The molecule has 2 nitrogen and oxygen atoms in total. The van der Waals surface area contributed by atoms with Gasteiger partial charge in [0, 0.05) is 0 Å². The number of H-pyrrole nitrogens is 1. The monoisotopic (exact) mass is 224 g/mol. The van der Waals surface area contributed by atoms with E-state index < -0.39 is 0 Å². The first kappa shape index (κ1) is 7.80. The third kappa shape index (κ3) is 1.14. The molecule has 12 heavy (non-hydrogen) atoms. The number of rotatable bonds is 0. The van der Waals surface area contributed by atoms with Crippen LogP contribution in [0.3, 0.4) is 0 Å². The first-order chi connectivity index (χ1) is 5.66. The minimum Gasteiger partial charge on any atom is -0.332 e. The predicted molar refractivity (Wildman–Crippen MR) is 53.3 cm³/mol. The lowest BCUT2D eigenvalue weighted by molar-refractivity contribution is 1.27. The number of aromatic amines is 1. The molecule has 2 aromatic rings. The van der Waals surface area contributed by atoms with Crippen molar-refractivity contribution < 1.29 is 0 Å². The van der Waals surface area contributed by atoms with Crippen LogP contribution < -0.4 is 0 Å². The smallest absolute Gasteiger partial charge is 0.175 e. The third-order valence-corrected chi connectivity index (χ3v) is 2.44. The van der Waals surface area contributed by atoms with E-state index in [0.29, 0.717) is 0 Å². The van der Waals surface area contributed by atoms with Gasteiger partial charge in [0.1, 0.15) is 0 Å². The number of halogens is 1. The largest absolute Gasteiger partial charge is 0.332 e. The summed E-state index contributed by atoms with van der Waals surface area (Å²) in [5.74, 6) is 0. The summed E-state index contributed by atoms with van der Waals surface area (Å²) in [6.07, 6.45) is 0. The lowest BCUT2D eigenvalue weighted by atomic mass is 10.1. The van der Waals surface area contributed by atoms with Gasteiger partial charge in [-0.1, -0.05) is 0 Å². The molecule has 62 valence electrons. The lowest BCUT2D eigenvalue weighted by Crippen LogP contribution is -1.79. The van der Waals surface area contributed by atoms with Crippen molar-refractivity contribution in [2.45, 2.75) is 13.8 Å². The second-order valence-electron chi connectivity index (χ2n) is 2.98. The average Bonchev–Trinajstić information content (AvgIpc) is 2.30. The molecule has 0 fully saturated rings. The van der Waals surface area contributed by atoms with Crippen LogP contribution in [0.2, 0.25) is 0 Å². The normalized spacial score (nSPS) is 10.9. The van der Waals surface area contributed by atoms with Gasteiger partial charge in [0.25, 0.3) is 0 Å².